The van der Waals surface area contributed by atoms with Gasteiger partial charge in [-0.05, 0) is 42.3 Å². The Bertz CT molecular complexity index is 1270. The highest BCUT2D eigenvalue weighted by atomic mass is 32.2. The van der Waals surface area contributed by atoms with Crippen LogP contribution in [-0.2, 0) is 38.4 Å². The Morgan fingerprint density at radius 2 is 1.56 bits per heavy atom. The van der Waals surface area contributed by atoms with E-state index in [4.69, 9.17) is 19.9 Å². The fourth-order valence-corrected chi connectivity index (χ4v) is 3.63. The van der Waals surface area contributed by atoms with Crippen molar-refractivity contribution in [3.05, 3.63) is 65.2 Å². The predicted octanol–water partition coefficient (Wildman–Crippen LogP) is 2.28. The average Bonchev–Trinajstić information content (AvgIpc) is 2.81. The maximum Gasteiger partial charge on any atom is 0.339 e. The SMILES string of the molecule is CCOC(=O)[C@H](N)COC(=O)/C(=C(\COC(C)=O)c1ccc(S(C)(=O)=O)cc1)c1ccc(F)c(F)c1. The summed E-state index contributed by atoms with van der Waals surface area (Å²) in [6.45, 7) is 1.64. The van der Waals surface area contributed by atoms with Crippen molar-refractivity contribution in [1.29, 1.82) is 0 Å². The standard InChI is InChI=1S/C24H25F2NO8S/c1-4-33-23(29)21(27)13-35-24(30)22(16-7-10-19(25)20(26)11-16)18(12-34-14(2)28)15-5-8-17(9-6-15)36(3,31)32/h5-11,21H,4,12-13,27H2,1-3H3/b22-18+/t21-/m1/s1. The zero-order chi connectivity index (χ0) is 27.0. The van der Waals surface area contributed by atoms with Crippen LogP contribution in [0.5, 0.6) is 0 Å². The Morgan fingerprint density at radius 3 is 2.08 bits per heavy atom. The molecule has 194 valence electrons. The van der Waals surface area contributed by atoms with Gasteiger partial charge in [-0.1, -0.05) is 18.2 Å². The van der Waals surface area contributed by atoms with Crippen molar-refractivity contribution in [3.8, 4) is 0 Å². The molecule has 0 aliphatic carbocycles. The number of esters is 3. The second-order valence-corrected chi connectivity index (χ2v) is 9.53. The van der Waals surface area contributed by atoms with E-state index in [1.54, 1.807) is 6.92 Å². The number of carbonyl (C=O) groups excluding carboxylic acids is 3. The molecule has 0 aliphatic rings. The van der Waals surface area contributed by atoms with E-state index in [0.717, 1.165) is 31.4 Å². The van der Waals surface area contributed by atoms with Crippen molar-refractivity contribution in [2.24, 2.45) is 5.73 Å². The highest BCUT2D eigenvalue weighted by molar-refractivity contribution is 7.90. The van der Waals surface area contributed by atoms with Crippen LogP contribution in [0.3, 0.4) is 0 Å². The lowest BCUT2D eigenvalue weighted by Gasteiger charge is -2.17. The van der Waals surface area contributed by atoms with E-state index in [1.165, 1.54) is 24.3 Å². The van der Waals surface area contributed by atoms with Crippen molar-refractivity contribution in [2.45, 2.75) is 24.8 Å². The summed E-state index contributed by atoms with van der Waals surface area (Å²) in [5.74, 6) is -5.05. The molecule has 36 heavy (non-hydrogen) atoms. The van der Waals surface area contributed by atoms with Crippen LogP contribution in [0, 0.1) is 11.6 Å². The van der Waals surface area contributed by atoms with Gasteiger partial charge < -0.3 is 19.9 Å². The van der Waals surface area contributed by atoms with Gasteiger partial charge in [0.1, 0.15) is 19.3 Å². The van der Waals surface area contributed by atoms with Crippen LogP contribution in [-0.4, -0.2) is 58.4 Å². The minimum Gasteiger partial charge on any atom is -0.465 e. The molecule has 0 aromatic heterocycles. The summed E-state index contributed by atoms with van der Waals surface area (Å²) in [7, 11) is -3.54. The highest BCUT2D eigenvalue weighted by Crippen LogP contribution is 2.30. The summed E-state index contributed by atoms with van der Waals surface area (Å²) in [4.78, 5) is 36.5. The molecular formula is C24H25F2NO8S. The third-order valence-electron chi connectivity index (χ3n) is 4.75. The smallest absolute Gasteiger partial charge is 0.339 e. The van der Waals surface area contributed by atoms with Crippen LogP contribution >= 0.6 is 0 Å². The van der Waals surface area contributed by atoms with Gasteiger partial charge in [-0.25, -0.2) is 22.0 Å². The molecule has 0 heterocycles. The number of hydrogen-bond donors (Lipinski definition) is 1. The minimum atomic E-state index is -3.54. The fourth-order valence-electron chi connectivity index (χ4n) is 3.00. The van der Waals surface area contributed by atoms with E-state index in [9.17, 15) is 31.6 Å². The van der Waals surface area contributed by atoms with E-state index in [-0.39, 0.29) is 33.8 Å². The van der Waals surface area contributed by atoms with Crippen LogP contribution in [0.4, 0.5) is 8.78 Å². The molecule has 9 nitrogen and oxygen atoms in total. The lowest BCUT2D eigenvalue weighted by atomic mass is 9.94. The zero-order valence-corrected chi connectivity index (χ0v) is 20.6. The Labute approximate surface area is 206 Å². The molecule has 0 unspecified atom stereocenters. The number of halogens is 2. The van der Waals surface area contributed by atoms with Crippen LogP contribution in [0.15, 0.2) is 47.4 Å². The third-order valence-corrected chi connectivity index (χ3v) is 5.88. The predicted molar refractivity (Wildman–Crippen MR) is 125 cm³/mol. The van der Waals surface area contributed by atoms with Crippen molar-refractivity contribution in [1.82, 2.24) is 0 Å². The highest BCUT2D eigenvalue weighted by Gasteiger charge is 2.25. The van der Waals surface area contributed by atoms with E-state index < -0.39 is 58.6 Å². The van der Waals surface area contributed by atoms with Crippen molar-refractivity contribution >= 4 is 38.9 Å². The third kappa shape index (κ3) is 7.68. The van der Waals surface area contributed by atoms with Gasteiger partial charge in [0.15, 0.2) is 21.5 Å². The van der Waals surface area contributed by atoms with Crippen LogP contribution < -0.4 is 5.73 Å². The van der Waals surface area contributed by atoms with E-state index in [0.29, 0.717) is 0 Å². The van der Waals surface area contributed by atoms with Gasteiger partial charge in [-0.2, -0.15) is 0 Å². The number of rotatable bonds is 10. The molecular weight excluding hydrogens is 500 g/mol. The molecule has 0 aliphatic heterocycles. The van der Waals surface area contributed by atoms with Crippen LogP contribution in [0.1, 0.15) is 25.0 Å². The molecule has 2 aromatic carbocycles. The topological polar surface area (TPSA) is 139 Å². The number of ether oxygens (including phenoxy) is 3. The first-order chi connectivity index (χ1) is 16.8. The molecule has 0 bridgehead atoms. The van der Waals surface area contributed by atoms with Gasteiger partial charge in [0.2, 0.25) is 0 Å². The first kappa shape index (κ1) is 28.6. The van der Waals surface area contributed by atoms with Crippen molar-refractivity contribution in [3.63, 3.8) is 0 Å². The molecule has 0 spiro atoms. The Balaban J connectivity index is 2.65. The molecule has 0 saturated carbocycles. The average molecular weight is 526 g/mol. The first-order valence-electron chi connectivity index (χ1n) is 10.6. The summed E-state index contributed by atoms with van der Waals surface area (Å²) in [5, 5.41) is 0. The van der Waals surface area contributed by atoms with Crippen molar-refractivity contribution in [2.75, 3.05) is 26.1 Å². The first-order valence-corrected chi connectivity index (χ1v) is 12.5. The van der Waals surface area contributed by atoms with E-state index in [1.807, 2.05) is 0 Å². The maximum absolute atomic E-state index is 14.1. The van der Waals surface area contributed by atoms with Gasteiger partial charge >= 0.3 is 17.9 Å². The minimum absolute atomic E-state index is 0.00552. The lowest BCUT2D eigenvalue weighted by molar-refractivity contribution is -0.148. The monoisotopic (exact) mass is 525 g/mol. The van der Waals surface area contributed by atoms with E-state index >= 15 is 0 Å². The number of benzene rings is 2. The molecule has 12 heteroatoms. The second-order valence-electron chi connectivity index (χ2n) is 7.52. The summed E-state index contributed by atoms with van der Waals surface area (Å²) in [6.07, 6.45) is 1.01. The van der Waals surface area contributed by atoms with Crippen molar-refractivity contribution < 1.29 is 45.8 Å². The Kier molecular flexibility index (Phi) is 9.82. The van der Waals surface area contributed by atoms with E-state index in [2.05, 4.69) is 0 Å². The molecule has 2 N–H and O–H groups in total. The summed E-state index contributed by atoms with van der Waals surface area (Å²) < 4.78 is 66.4. The normalized spacial score (nSPS) is 12.8. The quantitative estimate of drug-likeness (QED) is 0.214. The molecule has 1 atom stereocenters. The fraction of sp³-hybridized carbons (Fsp3) is 0.292. The van der Waals surface area contributed by atoms with Gasteiger partial charge in [-0.3, -0.25) is 9.59 Å². The molecule has 0 amide bonds. The maximum atomic E-state index is 14.1. The molecule has 2 rings (SSSR count). The molecule has 0 saturated heterocycles. The van der Waals surface area contributed by atoms with Crippen LogP contribution in [0.2, 0.25) is 0 Å². The Morgan fingerprint density at radius 1 is 0.944 bits per heavy atom. The number of carbonyl (C=O) groups is 3. The number of hydrogen-bond acceptors (Lipinski definition) is 9. The van der Waals surface area contributed by atoms with Gasteiger partial charge in [0.25, 0.3) is 0 Å². The Hall–Kier alpha value is -3.64. The molecule has 0 fully saturated rings. The molecule has 2 aromatic rings. The molecule has 0 radical (unpaired) electrons. The van der Waals surface area contributed by atoms with Gasteiger partial charge in [0.05, 0.1) is 17.1 Å². The largest absolute Gasteiger partial charge is 0.465 e. The zero-order valence-electron chi connectivity index (χ0n) is 19.7. The lowest BCUT2D eigenvalue weighted by Crippen LogP contribution is -2.37. The summed E-state index contributed by atoms with van der Waals surface area (Å²) in [5.41, 5.74) is 5.46. The summed E-state index contributed by atoms with van der Waals surface area (Å²) in [6, 6.07) is 6.57. The van der Waals surface area contributed by atoms with Gasteiger partial charge in [-0.15, -0.1) is 0 Å². The number of nitrogens with two attached hydrogens (primary N) is 1. The summed E-state index contributed by atoms with van der Waals surface area (Å²) >= 11 is 0. The van der Waals surface area contributed by atoms with Gasteiger partial charge in [0, 0.05) is 18.8 Å². The second kappa shape index (κ2) is 12.4. The van der Waals surface area contributed by atoms with Crippen LogP contribution in [0.25, 0.3) is 11.1 Å². The number of sulfone groups is 1.